The fourth-order valence-electron chi connectivity index (χ4n) is 3.35. The van der Waals surface area contributed by atoms with Crippen molar-refractivity contribution in [3.63, 3.8) is 0 Å². The van der Waals surface area contributed by atoms with Crippen LogP contribution < -0.4 is 5.73 Å². The molecule has 4 rings (SSSR count). The third kappa shape index (κ3) is 2.10. The fraction of sp³-hybridized carbons (Fsp3) is 0.333. The van der Waals surface area contributed by atoms with Gasteiger partial charge in [-0.3, -0.25) is 9.69 Å². The SMILES string of the molecule is Cc1csc(-c2cccc(C3(C4CC4)N=C(N)N(C)C3=O)c2)c1. The van der Waals surface area contributed by atoms with Crippen molar-refractivity contribution in [3.05, 3.63) is 46.8 Å². The molecule has 0 bridgehead atoms. The average molecular weight is 325 g/mol. The second-order valence-electron chi connectivity index (χ2n) is 6.44. The van der Waals surface area contributed by atoms with E-state index < -0.39 is 5.54 Å². The summed E-state index contributed by atoms with van der Waals surface area (Å²) in [5, 5.41) is 2.14. The molecule has 1 aliphatic heterocycles. The molecule has 0 saturated heterocycles. The number of guanidine groups is 1. The van der Waals surface area contributed by atoms with Gasteiger partial charge in [0.25, 0.3) is 5.91 Å². The van der Waals surface area contributed by atoms with Crippen LogP contribution in [0, 0.1) is 12.8 Å². The minimum atomic E-state index is -0.818. The van der Waals surface area contributed by atoms with E-state index in [-0.39, 0.29) is 11.8 Å². The summed E-state index contributed by atoms with van der Waals surface area (Å²) in [5.74, 6) is 0.579. The predicted molar refractivity (Wildman–Crippen MR) is 93.3 cm³/mol. The van der Waals surface area contributed by atoms with Gasteiger partial charge in [-0.1, -0.05) is 18.2 Å². The van der Waals surface area contributed by atoms with Gasteiger partial charge in [0.15, 0.2) is 11.5 Å². The molecule has 4 nitrogen and oxygen atoms in total. The van der Waals surface area contributed by atoms with E-state index in [9.17, 15) is 4.79 Å². The zero-order valence-corrected chi connectivity index (χ0v) is 14.1. The van der Waals surface area contributed by atoms with Gasteiger partial charge >= 0.3 is 0 Å². The molecule has 2 heterocycles. The molecule has 2 N–H and O–H groups in total. The number of likely N-dealkylation sites (N-methyl/N-ethyl adjacent to an activating group) is 1. The lowest BCUT2D eigenvalue weighted by Gasteiger charge is -2.25. The number of aliphatic imine (C=N–C) groups is 1. The van der Waals surface area contributed by atoms with Crippen LogP contribution in [0.4, 0.5) is 0 Å². The molecular weight excluding hydrogens is 306 g/mol. The number of rotatable bonds is 3. The summed E-state index contributed by atoms with van der Waals surface area (Å²) in [4.78, 5) is 20.2. The van der Waals surface area contributed by atoms with Crippen molar-refractivity contribution in [1.82, 2.24) is 4.90 Å². The summed E-state index contributed by atoms with van der Waals surface area (Å²) in [6.07, 6.45) is 2.05. The Morgan fingerprint density at radius 2 is 2.13 bits per heavy atom. The summed E-state index contributed by atoms with van der Waals surface area (Å²) in [6, 6.07) is 10.4. The van der Waals surface area contributed by atoms with Gasteiger partial charge in [-0.2, -0.15) is 0 Å². The van der Waals surface area contributed by atoms with Crippen molar-refractivity contribution < 1.29 is 4.79 Å². The second kappa shape index (κ2) is 4.93. The Labute approximate surface area is 139 Å². The molecule has 118 valence electrons. The summed E-state index contributed by atoms with van der Waals surface area (Å²) in [7, 11) is 1.71. The summed E-state index contributed by atoms with van der Waals surface area (Å²) >= 11 is 1.72. The number of aryl methyl sites for hydroxylation is 1. The Kier molecular flexibility index (Phi) is 3.10. The molecule has 1 aliphatic carbocycles. The van der Waals surface area contributed by atoms with Gasteiger partial charge < -0.3 is 5.73 Å². The quantitative estimate of drug-likeness (QED) is 0.942. The largest absolute Gasteiger partial charge is 0.369 e. The highest BCUT2D eigenvalue weighted by atomic mass is 32.1. The maximum Gasteiger partial charge on any atom is 0.261 e. The molecular formula is C18H19N3OS. The van der Waals surface area contributed by atoms with Gasteiger partial charge in [-0.25, -0.2) is 4.99 Å². The van der Waals surface area contributed by atoms with Crippen LogP contribution in [-0.4, -0.2) is 23.8 Å². The number of hydrogen-bond acceptors (Lipinski definition) is 4. The fourth-order valence-corrected chi connectivity index (χ4v) is 4.24. The van der Waals surface area contributed by atoms with E-state index in [1.54, 1.807) is 18.4 Å². The van der Waals surface area contributed by atoms with Crippen LogP contribution in [0.2, 0.25) is 0 Å². The van der Waals surface area contributed by atoms with Crippen LogP contribution in [0.25, 0.3) is 10.4 Å². The monoisotopic (exact) mass is 325 g/mol. The van der Waals surface area contributed by atoms with Gasteiger partial charge in [-0.05, 0) is 59.9 Å². The van der Waals surface area contributed by atoms with Gasteiger partial charge in [0.1, 0.15) is 0 Å². The van der Waals surface area contributed by atoms with Crippen molar-refractivity contribution in [3.8, 4) is 10.4 Å². The van der Waals surface area contributed by atoms with Gasteiger partial charge in [0, 0.05) is 11.9 Å². The summed E-state index contributed by atoms with van der Waals surface area (Å²) < 4.78 is 0. The number of benzene rings is 1. The van der Waals surface area contributed by atoms with Gasteiger partial charge in [0.05, 0.1) is 0 Å². The van der Waals surface area contributed by atoms with Crippen molar-refractivity contribution in [2.24, 2.45) is 16.6 Å². The van der Waals surface area contributed by atoms with E-state index >= 15 is 0 Å². The molecule has 2 aliphatic rings. The molecule has 1 unspecified atom stereocenters. The smallest absolute Gasteiger partial charge is 0.261 e. The highest BCUT2D eigenvalue weighted by Gasteiger charge is 2.57. The first-order valence-corrected chi connectivity index (χ1v) is 8.70. The van der Waals surface area contributed by atoms with Crippen LogP contribution in [0.15, 0.2) is 40.7 Å². The lowest BCUT2D eigenvalue weighted by atomic mass is 9.84. The number of carbonyl (C=O) groups is 1. The number of hydrogen-bond donors (Lipinski definition) is 1. The van der Waals surface area contributed by atoms with Gasteiger partial charge in [0.2, 0.25) is 0 Å². The standard InChI is InChI=1S/C18H19N3OS/c1-11-8-15(23-10-11)12-4-3-5-14(9-12)18(13-6-7-13)16(22)21(2)17(19)20-18/h3-5,8-10,13H,6-7H2,1-2H3,(H2,19,20). The summed E-state index contributed by atoms with van der Waals surface area (Å²) in [5.41, 5.74) is 8.49. The minimum Gasteiger partial charge on any atom is -0.369 e. The Bertz CT molecular complexity index is 821. The highest BCUT2D eigenvalue weighted by Crippen LogP contribution is 2.51. The molecule has 1 atom stereocenters. The van der Waals surface area contributed by atoms with Crippen LogP contribution in [-0.2, 0) is 10.3 Å². The zero-order valence-electron chi connectivity index (χ0n) is 13.2. The Hall–Kier alpha value is -2.14. The van der Waals surface area contributed by atoms with Crippen LogP contribution in [0.3, 0.4) is 0 Å². The molecule has 0 radical (unpaired) electrons. The molecule has 1 saturated carbocycles. The Morgan fingerprint density at radius 3 is 2.70 bits per heavy atom. The van der Waals surface area contributed by atoms with Crippen LogP contribution in [0.1, 0.15) is 24.0 Å². The molecule has 0 spiro atoms. The molecule has 1 amide bonds. The molecule has 23 heavy (non-hydrogen) atoms. The van der Waals surface area contributed by atoms with E-state index in [2.05, 4.69) is 35.5 Å². The zero-order chi connectivity index (χ0) is 16.2. The Morgan fingerprint density at radius 1 is 1.35 bits per heavy atom. The maximum absolute atomic E-state index is 12.9. The first-order valence-electron chi connectivity index (χ1n) is 7.82. The average Bonchev–Trinajstić information content (AvgIpc) is 3.27. The van der Waals surface area contributed by atoms with Crippen LogP contribution in [0.5, 0.6) is 0 Å². The number of amides is 1. The van der Waals surface area contributed by atoms with E-state index in [1.807, 2.05) is 12.1 Å². The van der Waals surface area contributed by atoms with E-state index in [4.69, 9.17) is 5.73 Å². The normalized spacial score (nSPS) is 24.2. The van der Waals surface area contributed by atoms with Crippen LogP contribution >= 0.6 is 11.3 Å². The lowest BCUT2D eigenvalue weighted by Crippen LogP contribution is -2.41. The molecule has 2 aromatic rings. The highest BCUT2D eigenvalue weighted by molar-refractivity contribution is 7.13. The van der Waals surface area contributed by atoms with Crippen molar-refractivity contribution >= 4 is 23.2 Å². The number of thiophene rings is 1. The topological polar surface area (TPSA) is 58.7 Å². The maximum atomic E-state index is 12.9. The van der Waals surface area contributed by atoms with Gasteiger partial charge in [-0.15, -0.1) is 11.3 Å². The van der Waals surface area contributed by atoms with Crippen molar-refractivity contribution in [2.75, 3.05) is 7.05 Å². The first kappa shape index (κ1) is 14.5. The number of carbonyl (C=O) groups excluding carboxylic acids is 1. The van der Waals surface area contributed by atoms with Crippen molar-refractivity contribution in [2.45, 2.75) is 25.3 Å². The van der Waals surface area contributed by atoms with E-state index in [0.29, 0.717) is 5.96 Å². The van der Waals surface area contributed by atoms with E-state index in [1.165, 1.54) is 15.3 Å². The first-order chi connectivity index (χ1) is 11.0. The molecule has 5 heteroatoms. The second-order valence-corrected chi connectivity index (χ2v) is 7.36. The molecule has 1 aromatic carbocycles. The molecule has 1 fully saturated rings. The lowest BCUT2D eigenvalue weighted by molar-refractivity contribution is -0.131. The molecule has 1 aromatic heterocycles. The predicted octanol–water partition coefficient (Wildman–Crippen LogP) is 3.12. The number of nitrogens with two attached hydrogens (primary N) is 1. The third-order valence-corrected chi connectivity index (χ3v) is 5.85. The Balaban J connectivity index is 1.84. The number of nitrogens with zero attached hydrogens (tertiary/aromatic N) is 2. The minimum absolute atomic E-state index is 0.00277. The third-order valence-electron chi connectivity index (χ3n) is 4.75. The summed E-state index contributed by atoms with van der Waals surface area (Å²) in [6.45, 7) is 2.09. The van der Waals surface area contributed by atoms with Crippen molar-refractivity contribution in [1.29, 1.82) is 0 Å². The van der Waals surface area contributed by atoms with E-state index in [0.717, 1.165) is 24.0 Å².